The number of nitrogens with one attached hydrogen (secondary N) is 3. The largest absolute Gasteiger partial charge is 0.465 e. The van der Waals surface area contributed by atoms with E-state index in [9.17, 15) is 14.7 Å². The molecule has 4 heterocycles. The number of aromatic nitrogens is 4. The van der Waals surface area contributed by atoms with Crippen molar-refractivity contribution in [1.29, 1.82) is 0 Å². The second kappa shape index (κ2) is 16.0. The molecule has 324 valence electrons. The number of hydrogen-bond acceptors (Lipinski definition) is 6. The minimum Gasteiger partial charge on any atom is -0.465 e. The van der Waals surface area contributed by atoms with Crippen molar-refractivity contribution in [3.63, 3.8) is 0 Å². The number of nitrogens with zero attached hydrogens (tertiary/aromatic N) is 4. The average molecular weight is 852 g/mol. The van der Waals surface area contributed by atoms with Crippen molar-refractivity contribution in [2.45, 2.75) is 83.3 Å². The summed E-state index contributed by atoms with van der Waals surface area (Å²) in [5.41, 5.74) is 16.7. The highest BCUT2D eigenvalue weighted by Gasteiger charge is 2.36. The van der Waals surface area contributed by atoms with Crippen molar-refractivity contribution in [3.8, 4) is 44.8 Å². The highest BCUT2D eigenvalue weighted by Crippen LogP contribution is 2.48. The smallest absolute Gasteiger partial charge is 0.407 e. The number of H-pyrrole nitrogens is 2. The normalized spacial score (nSPS) is 17.9. The number of carbonyl (C=O) groups excluding carboxylic acids is 1. The minimum atomic E-state index is -0.882. The molecule has 1 unspecified atom stereocenters. The third-order valence-corrected chi connectivity index (χ3v) is 14.3. The molecule has 2 aliphatic carbocycles. The van der Waals surface area contributed by atoms with Gasteiger partial charge in [-0.2, -0.15) is 0 Å². The number of carboxylic acid groups (broad SMARTS) is 1. The number of ether oxygens (including phenoxy) is 1. The summed E-state index contributed by atoms with van der Waals surface area (Å²) < 4.78 is 5.03. The quantitative estimate of drug-likeness (QED) is 0.113. The van der Waals surface area contributed by atoms with Crippen LogP contribution < -0.4 is 10.2 Å². The molecule has 0 saturated carbocycles. The van der Waals surface area contributed by atoms with E-state index in [1.54, 1.807) is 0 Å². The number of fused-ring (bicyclic) bond motifs is 7. The standard InChI is InChI=1S/C53H53N7O4/c1-30(2)44(57-52(61)64-3)28-38-17-20-41-39-9-5-4-8-35(39)27-42(41)49(38)59-22-6-10-46(59)50-54-29-45(56-50)37-15-14-32-24-31(12-13-33(32)26-37)34-16-19-40-36(25-34)18-21-43-48(40)58-51(55-43)47-11-7-23-60(47)53(62)63/h4-5,8-9,12-17,19-20,24-26,29-30,44,46-47H,6-7,10-11,18,21-23,27-28H2,1-3H3,(H,54,56)(H,55,58)(H,57,61)(H,62,63)/t44-,46-,47?/m0/s1. The van der Waals surface area contributed by atoms with E-state index in [1.807, 2.05) is 6.20 Å². The number of hydrogen-bond donors (Lipinski definition) is 4. The molecule has 3 atom stereocenters. The Morgan fingerprint density at radius 2 is 1.56 bits per heavy atom. The molecular weight excluding hydrogens is 799 g/mol. The molecule has 7 aromatic rings. The van der Waals surface area contributed by atoms with Gasteiger partial charge in [-0.1, -0.05) is 92.7 Å². The van der Waals surface area contributed by atoms with Crippen LogP contribution in [0.15, 0.2) is 97.2 Å². The lowest BCUT2D eigenvalue weighted by Gasteiger charge is -2.32. The zero-order valence-corrected chi connectivity index (χ0v) is 36.6. The van der Waals surface area contributed by atoms with Crippen LogP contribution in [-0.2, 0) is 30.4 Å². The molecule has 11 rings (SSSR count). The first kappa shape index (κ1) is 39.9. The van der Waals surface area contributed by atoms with E-state index < -0.39 is 12.2 Å². The number of carbonyl (C=O) groups is 2. The summed E-state index contributed by atoms with van der Waals surface area (Å²) in [6.45, 7) is 5.78. The molecule has 0 radical (unpaired) electrons. The maximum absolute atomic E-state index is 12.5. The number of alkyl carbamates (subject to hydrolysis) is 1. The van der Waals surface area contributed by atoms with Crippen LogP contribution in [0.1, 0.15) is 91.2 Å². The summed E-state index contributed by atoms with van der Waals surface area (Å²) in [6.07, 6.45) is 7.75. The first-order valence-corrected chi connectivity index (χ1v) is 22.9. The SMILES string of the molecule is COC(=O)N[C@@H](Cc1ccc2c(c1N1CCC[C@H]1c1ncc(-c3ccc4cc(-c5ccc6c(c5)CCc5[nH]c(C7CCCN7C(=O)O)nc5-6)ccc4c3)[nH]1)Cc1ccccc1-2)C(C)C. The van der Waals surface area contributed by atoms with Gasteiger partial charge in [-0.05, 0) is 118 Å². The Kier molecular flexibility index (Phi) is 10.0. The van der Waals surface area contributed by atoms with E-state index in [4.69, 9.17) is 14.7 Å². The van der Waals surface area contributed by atoms with Crippen molar-refractivity contribution in [3.05, 3.63) is 137 Å². The second-order valence-electron chi connectivity index (χ2n) is 18.4. The lowest BCUT2D eigenvalue weighted by Crippen LogP contribution is -2.40. The average Bonchev–Trinajstić information content (AvgIpc) is 4.17. The number of aromatic amines is 2. The van der Waals surface area contributed by atoms with Crippen LogP contribution in [0.5, 0.6) is 0 Å². The molecule has 64 heavy (non-hydrogen) atoms. The Morgan fingerprint density at radius 3 is 2.39 bits per heavy atom. The number of anilines is 1. The zero-order chi connectivity index (χ0) is 43.6. The van der Waals surface area contributed by atoms with E-state index in [2.05, 4.69) is 125 Å². The van der Waals surface area contributed by atoms with Crippen molar-refractivity contribution >= 4 is 28.6 Å². The highest BCUT2D eigenvalue weighted by molar-refractivity contribution is 5.91. The summed E-state index contributed by atoms with van der Waals surface area (Å²) in [6, 6.07) is 33.1. The molecule has 4 N–H and O–H groups in total. The summed E-state index contributed by atoms with van der Waals surface area (Å²) in [5, 5.41) is 15.2. The maximum Gasteiger partial charge on any atom is 0.407 e. The lowest BCUT2D eigenvalue weighted by molar-refractivity contribution is 0.138. The molecule has 2 amide bonds. The van der Waals surface area contributed by atoms with E-state index >= 15 is 0 Å². The summed E-state index contributed by atoms with van der Waals surface area (Å²) in [4.78, 5) is 45.7. The van der Waals surface area contributed by atoms with Gasteiger partial charge < -0.3 is 30.0 Å². The fourth-order valence-corrected chi connectivity index (χ4v) is 11.0. The maximum atomic E-state index is 12.5. The van der Waals surface area contributed by atoms with Crippen LogP contribution in [0, 0.1) is 5.92 Å². The van der Waals surface area contributed by atoms with Gasteiger partial charge >= 0.3 is 12.2 Å². The molecule has 2 saturated heterocycles. The van der Waals surface area contributed by atoms with Crippen LogP contribution in [0.25, 0.3) is 55.5 Å². The molecule has 11 heteroatoms. The van der Waals surface area contributed by atoms with Gasteiger partial charge in [0, 0.05) is 48.1 Å². The molecule has 0 bridgehead atoms. The number of aryl methyl sites for hydroxylation is 2. The Balaban J connectivity index is 0.854. The van der Waals surface area contributed by atoms with Crippen molar-refractivity contribution in [2.75, 3.05) is 25.1 Å². The van der Waals surface area contributed by atoms with Crippen molar-refractivity contribution < 1.29 is 19.4 Å². The van der Waals surface area contributed by atoms with Crippen molar-refractivity contribution in [2.24, 2.45) is 5.92 Å². The monoisotopic (exact) mass is 851 g/mol. The van der Waals surface area contributed by atoms with Gasteiger partial charge in [0.05, 0.1) is 36.8 Å². The summed E-state index contributed by atoms with van der Waals surface area (Å²) in [7, 11) is 1.42. The number of imidazole rings is 2. The Hall–Kier alpha value is -6.88. The van der Waals surface area contributed by atoms with Gasteiger partial charge in [-0.15, -0.1) is 0 Å². The molecule has 0 spiro atoms. The number of benzene rings is 5. The predicted octanol–water partition coefficient (Wildman–Crippen LogP) is 11.0. The minimum absolute atomic E-state index is 0.0798. The van der Waals surface area contributed by atoms with Gasteiger partial charge in [0.2, 0.25) is 0 Å². The van der Waals surface area contributed by atoms with E-state index in [0.717, 1.165) is 96.7 Å². The van der Waals surface area contributed by atoms with Crippen LogP contribution in [-0.4, -0.2) is 68.4 Å². The Labute approximate surface area is 372 Å². The van der Waals surface area contributed by atoms with E-state index in [0.29, 0.717) is 13.0 Å². The van der Waals surface area contributed by atoms with Gasteiger partial charge in [0.15, 0.2) is 0 Å². The summed E-state index contributed by atoms with van der Waals surface area (Å²) in [5.74, 6) is 1.96. The lowest BCUT2D eigenvalue weighted by atomic mass is 9.89. The molecule has 2 aliphatic heterocycles. The predicted molar refractivity (Wildman–Crippen MR) is 251 cm³/mol. The number of rotatable bonds is 9. The third-order valence-electron chi connectivity index (χ3n) is 14.3. The topological polar surface area (TPSA) is 139 Å². The van der Waals surface area contributed by atoms with Gasteiger partial charge in [-0.25, -0.2) is 19.6 Å². The van der Waals surface area contributed by atoms with E-state index in [1.165, 1.54) is 67.6 Å². The fourth-order valence-electron chi connectivity index (χ4n) is 11.0. The number of methoxy groups -OCH3 is 1. The third kappa shape index (κ3) is 6.98. The Bertz CT molecular complexity index is 2970. The van der Waals surface area contributed by atoms with Crippen LogP contribution >= 0.6 is 0 Å². The van der Waals surface area contributed by atoms with Crippen LogP contribution in [0.3, 0.4) is 0 Å². The van der Waals surface area contributed by atoms with Crippen LogP contribution in [0.2, 0.25) is 0 Å². The molecule has 11 nitrogen and oxygen atoms in total. The van der Waals surface area contributed by atoms with Gasteiger partial charge in [-0.3, -0.25) is 4.90 Å². The molecule has 5 aromatic carbocycles. The van der Waals surface area contributed by atoms with Gasteiger partial charge in [0.25, 0.3) is 0 Å². The first-order chi connectivity index (χ1) is 31.2. The Morgan fingerprint density at radius 1 is 0.812 bits per heavy atom. The highest BCUT2D eigenvalue weighted by atomic mass is 16.5. The molecule has 2 aromatic heterocycles. The fraction of sp³-hybridized carbons (Fsp3) is 0.321. The molecule has 2 fully saturated rings. The first-order valence-electron chi connectivity index (χ1n) is 22.9. The number of amides is 2. The summed E-state index contributed by atoms with van der Waals surface area (Å²) >= 11 is 0. The zero-order valence-electron chi connectivity index (χ0n) is 36.6. The van der Waals surface area contributed by atoms with Crippen LogP contribution in [0.4, 0.5) is 15.3 Å². The van der Waals surface area contributed by atoms with Gasteiger partial charge in [0.1, 0.15) is 11.6 Å². The molecule has 4 aliphatic rings. The van der Waals surface area contributed by atoms with Crippen molar-refractivity contribution in [1.82, 2.24) is 30.2 Å². The second-order valence-corrected chi connectivity index (χ2v) is 18.4. The number of likely N-dealkylation sites (tertiary alicyclic amines) is 1. The molecular formula is C53H53N7O4. The van der Waals surface area contributed by atoms with E-state index in [-0.39, 0.29) is 24.0 Å².